The van der Waals surface area contributed by atoms with E-state index in [0.717, 1.165) is 0 Å². The molecule has 0 fully saturated rings. The van der Waals surface area contributed by atoms with Crippen molar-refractivity contribution < 1.29 is 22.7 Å². The van der Waals surface area contributed by atoms with Gasteiger partial charge in [0.25, 0.3) is 15.9 Å². The Balaban J connectivity index is 1.85. The van der Waals surface area contributed by atoms with Crippen molar-refractivity contribution in [2.75, 3.05) is 23.3 Å². The summed E-state index contributed by atoms with van der Waals surface area (Å²) in [5.74, 6) is 0.337. The van der Waals surface area contributed by atoms with Crippen molar-refractivity contribution in [3.8, 4) is 11.5 Å². The molecule has 1 atom stereocenters. The highest BCUT2D eigenvalue weighted by Crippen LogP contribution is 2.31. The molecule has 0 saturated carbocycles. The lowest BCUT2D eigenvalue weighted by molar-refractivity contribution is -0.122. The maximum atomic E-state index is 13.3. The minimum atomic E-state index is -3.88. The van der Waals surface area contributed by atoms with Crippen LogP contribution in [0.3, 0.4) is 0 Å². The first-order valence-electron chi connectivity index (χ1n) is 10.2. The van der Waals surface area contributed by atoms with E-state index in [1.807, 2.05) is 6.07 Å². The van der Waals surface area contributed by atoms with Gasteiger partial charge < -0.3 is 14.8 Å². The zero-order valence-electron chi connectivity index (χ0n) is 18.5. The number of ether oxygens (including phenoxy) is 2. The number of carbonyl (C=O) groups is 1. The number of nitrogens with zero attached hydrogens (tertiary/aromatic N) is 1. The van der Waals surface area contributed by atoms with Gasteiger partial charge in [-0.2, -0.15) is 0 Å². The van der Waals surface area contributed by atoms with Crippen LogP contribution in [0, 0.1) is 0 Å². The van der Waals surface area contributed by atoms with Crippen LogP contribution >= 0.6 is 11.6 Å². The number of para-hydroxylation sites is 1. The average Bonchev–Trinajstić information content (AvgIpc) is 2.81. The number of benzene rings is 3. The number of amides is 1. The molecule has 3 rings (SSSR count). The van der Waals surface area contributed by atoms with Crippen molar-refractivity contribution in [3.05, 3.63) is 77.8 Å². The fourth-order valence-corrected chi connectivity index (χ4v) is 4.79. The summed E-state index contributed by atoms with van der Waals surface area (Å²) >= 11 is 5.87. The second-order valence-corrected chi connectivity index (χ2v) is 9.37. The second kappa shape index (κ2) is 10.6. The summed E-state index contributed by atoms with van der Waals surface area (Å²) in [5.41, 5.74) is 0.769. The van der Waals surface area contributed by atoms with Crippen LogP contribution in [0.4, 0.5) is 11.4 Å². The third-order valence-corrected chi connectivity index (χ3v) is 6.99. The molecule has 3 aromatic carbocycles. The first-order valence-corrected chi connectivity index (χ1v) is 12.1. The van der Waals surface area contributed by atoms with Gasteiger partial charge in [0.15, 0.2) is 6.10 Å². The van der Waals surface area contributed by atoms with E-state index in [4.69, 9.17) is 21.1 Å². The number of carbonyl (C=O) groups excluding carboxylic acids is 1. The third kappa shape index (κ3) is 5.77. The van der Waals surface area contributed by atoms with E-state index in [-0.39, 0.29) is 17.1 Å². The van der Waals surface area contributed by atoms with Crippen molar-refractivity contribution >= 4 is 38.9 Å². The van der Waals surface area contributed by atoms with Crippen molar-refractivity contribution in [2.24, 2.45) is 0 Å². The molecule has 33 heavy (non-hydrogen) atoms. The van der Waals surface area contributed by atoms with Gasteiger partial charge in [-0.25, -0.2) is 8.42 Å². The summed E-state index contributed by atoms with van der Waals surface area (Å²) in [7, 11) is -2.44. The SMILES string of the molecule is CCN(c1ccccc1)S(=O)(=O)c1ccc(OC)c(NC(=O)C(C)Oc2ccc(Cl)cc2)c1. The van der Waals surface area contributed by atoms with E-state index in [0.29, 0.717) is 22.2 Å². The molecule has 3 aromatic rings. The number of hydrogen-bond donors (Lipinski definition) is 1. The first kappa shape index (κ1) is 24.4. The number of hydrogen-bond acceptors (Lipinski definition) is 5. The Hall–Kier alpha value is -3.23. The number of nitrogens with one attached hydrogen (secondary N) is 1. The van der Waals surface area contributed by atoms with Crippen LogP contribution < -0.4 is 19.1 Å². The van der Waals surface area contributed by atoms with Crippen LogP contribution in [0.15, 0.2) is 77.7 Å². The molecule has 0 saturated heterocycles. The Morgan fingerprint density at radius 1 is 1.06 bits per heavy atom. The molecule has 0 aromatic heterocycles. The molecule has 174 valence electrons. The Morgan fingerprint density at radius 3 is 2.33 bits per heavy atom. The van der Waals surface area contributed by atoms with Crippen molar-refractivity contribution in [1.82, 2.24) is 0 Å². The number of anilines is 2. The van der Waals surface area contributed by atoms with Crippen LogP contribution in [0.25, 0.3) is 0 Å². The van der Waals surface area contributed by atoms with Crippen molar-refractivity contribution in [2.45, 2.75) is 24.8 Å². The van der Waals surface area contributed by atoms with Crippen LogP contribution in [0.1, 0.15) is 13.8 Å². The summed E-state index contributed by atoms with van der Waals surface area (Å²) in [6, 6.07) is 19.8. The highest BCUT2D eigenvalue weighted by molar-refractivity contribution is 7.92. The van der Waals surface area contributed by atoms with Gasteiger partial charge in [0.2, 0.25) is 0 Å². The lowest BCUT2D eigenvalue weighted by atomic mass is 10.2. The maximum absolute atomic E-state index is 13.3. The number of methoxy groups -OCH3 is 1. The Labute approximate surface area is 198 Å². The molecular weight excluding hydrogens is 464 g/mol. The fourth-order valence-electron chi connectivity index (χ4n) is 3.16. The van der Waals surface area contributed by atoms with Crippen LogP contribution in [-0.4, -0.2) is 34.1 Å². The predicted molar refractivity (Wildman–Crippen MR) is 130 cm³/mol. The Bertz CT molecular complexity index is 1200. The molecular formula is C24H25ClN2O5S. The summed E-state index contributed by atoms with van der Waals surface area (Å²) < 4.78 is 38.9. The molecule has 7 nitrogen and oxygen atoms in total. The number of sulfonamides is 1. The normalized spacial score (nSPS) is 12.0. The van der Waals surface area contributed by atoms with E-state index >= 15 is 0 Å². The molecule has 0 bridgehead atoms. The average molecular weight is 489 g/mol. The van der Waals surface area contributed by atoms with Gasteiger partial charge in [0.05, 0.1) is 23.4 Å². The van der Waals surface area contributed by atoms with Gasteiger partial charge in [-0.05, 0) is 68.4 Å². The Kier molecular flexibility index (Phi) is 7.84. The summed E-state index contributed by atoms with van der Waals surface area (Å²) in [6.07, 6.45) is -0.854. The lowest BCUT2D eigenvalue weighted by Crippen LogP contribution is -2.31. The molecule has 1 unspecified atom stereocenters. The standard InChI is InChI=1S/C24H25ClN2O5S/c1-4-27(19-8-6-5-7-9-19)33(29,30)21-14-15-23(31-3)22(16-21)26-24(28)17(2)32-20-12-10-18(25)11-13-20/h5-17H,4H2,1-3H3,(H,26,28). The van der Waals surface area contributed by atoms with E-state index < -0.39 is 22.0 Å². The zero-order valence-corrected chi connectivity index (χ0v) is 20.1. The molecule has 9 heteroatoms. The zero-order chi connectivity index (χ0) is 24.0. The van der Waals surface area contributed by atoms with E-state index in [1.165, 1.54) is 29.6 Å². The van der Waals surface area contributed by atoms with Gasteiger partial charge in [-0.3, -0.25) is 9.10 Å². The van der Waals surface area contributed by atoms with Crippen LogP contribution in [0.5, 0.6) is 11.5 Å². The Morgan fingerprint density at radius 2 is 1.73 bits per heavy atom. The fraction of sp³-hybridized carbons (Fsp3) is 0.208. The highest BCUT2D eigenvalue weighted by atomic mass is 35.5. The third-order valence-electron chi connectivity index (χ3n) is 4.84. The van der Waals surface area contributed by atoms with Gasteiger partial charge in [-0.15, -0.1) is 0 Å². The van der Waals surface area contributed by atoms with E-state index in [2.05, 4.69) is 5.32 Å². The minimum Gasteiger partial charge on any atom is -0.495 e. The quantitative estimate of drug-likeness (QED) is 0.459. The van der Waals surface area contributed by atoms with E-state index in [1.54, 1.807) is 62.4 Å². The van der Waals surface area contributed by atoms with Gasteiger partial charge in [0, 0.05) is 11.6 Å². The van der Waals surface area contributed by atoms with Gasteiger partial charge in [0.1, 0.15) is 11.5 Å². The summed E-state index contributed by atoms with van der Waals surface area (Å²) in [6.45, 7) is 3.59. The smallest absolute Gasteiger partial charge is 0.265 e. The second-order valence-electron chi connectivity index (χ2n) is 7.07. The molecule has 1 amide bonds. The summed E-state index contributed by atoms with van der Waals surface area (Å²) in [4.78, 5) is 12.8. The molecule has 0 heterocycles. The van der Waals surface area contributed by atoms with Crippen LogP contribution in [-0.2, 0) is 14.8 Å². The monoisotopic (exact) mass is 488 g/mol. The number of rotatable bonds is 9. The van der Waals surface area contributed by atoms with Crippen LogP contribution in [0.2, 0.25) is 5.02 Å². The highest BCUT2D eigenvalue weighted by Gasteiger charge is 2.25. The molecule has 0 aliphatic carbocycles. The topological polar surface area (TPSA) is 84.9 Å². The van der Waals surface area contributed by atoms with Crippen molar-refractivity contribution in [1.29, 1.82) is 0 Å². The maximum Gasteiger partial charge on any atom is 0.265 e. The van der Waals surface area contributed by atoms with Crippen molar-refractivity contribution in [3.63, 3.8) is 0 Å². The first-order chi connectivity index (χ1) is 15.8. The number of halogens is 1. The molecule has 0 aliphatic rings. The lowest BCUT2D eigenvalue weighted by Gasteiger charge is -2.23. The summed E-state index contributed by atoms with van der Waals surface area (Å²) in [5, 5.41) is 3.26. The molecule has 0 aliphatic heterocycles. The molecule has 0 radical (unpaired) electrons. The largest absolute Gasteiger partial charge is 0.495 e. The predicted octanol–water partition coefficient (Wildman–Crippen LogP) is 4.97. The molecule has 1 N–H and O–H groups in total. The van der Waals surface area contributed by atoms with Gasteiger partial charge >= 0.3 is 0 Å². The van der Waals surface area contributed by atoms with E-state index in [9.17, 15) is 13.2 Å². The molecule has 0 spiro atoms. The van der Waals surface area contributed by atoms with Gasteiger partial charge in [-0.1, -0.05) is 29.8 Å². The minimum absolute atomic E-state index is 0.0237.